The van der Waals surface area contributed by atoms with E-state index in [-0.39, 0.29) is 41.7 Å². The minimum atomic E-state index is -1.66. The van der Waals surface area contributed by atoms with E-state index in [4.69, 9.17) is 0 Å². The van der Waals surface area contributed by atoms with Crippen molar-refractivity contribution in [1.82, 2.24) is 0 Å². The molecule has 5 heteroatoms. The van der Waals surface area contributed by atoms with Crippen LogP contribution in [-0.4, -0.2) is 39.8 Å². The summed E-state index contributed by atoms with van der Waals surface area (Å²) in [6, 6.07) is 0. The number of ketones is 3. The number of hydrogen-bond acceptors (Lipinski definition) is 5. The van der Waals surface area contributed by atoms with Gasteiger partial charge in [0.1, 0.15) is 18.0 Å². The number of carbonyl (C=O) groups is 3. The largest absolute Gasteiger partial charge is 0.388 e. The first-order chi connectivity index (χ1) is 12.6. The standard InChI is InChI=1S/C22H28O5/c1-12-8-16-15-5-4-13-9-14(24)6-7-20(13,2)19(15)17(25)10-21(16,3)22(12,27)18(26)11-23/h6-7,9,12,15-16,19,23,27H,4-5,8,10-11H2,1-3H3/t12-,15?,16?,19?,20?,21?,22+/m1/s1. The molecule has 27 heavy (non-hydrogen) atoms. The highest BCUT2D eigenvalue weighted by atomic mass is 16.3. The Bertz CT molecular complexity index is 795. The average Bonchev–Trinajstić information content (AvgIpc) is 2.82. The zero-order valence-electron chi connectivity index (χ0n) is 16.2. The van der Waals surface area contributed by atoms with Crippen molar-refractivity contribution in [2.45, 2.75) is 52.1 Å². The van der Waals surface area contributed by atoms with Gasteiger partial charge in [0.15, 0.2) is 11.6 Å². The van der Waals surface area contributed by atoms with E-state index in [9.17, 15) is 24.6 Å². The van der Waals surface area contributed by atoms with Crippen molar-refractivity contribution in [3.8, 4) is 0 Å². The molecule has 3 fully saturated rings. The summed E-state index contributed by atoms with van der Waals surface area (Å²) < 4.78 is 0. The normalized spacial score (nSPS) is 48.6. The van der Waals surface area contributed by atoms with Crippen LogP contribution in [0.3, 0.4) is 0 Å². The molecule has 2 N–H and O–H groups in total. The molecule has 5 nitrogen and oxygen atoms in total. The zero-order valence-corrected chi connectivity index (χ0v) is 16.2. The van der Waals surface area contributed by atoms with Crippen molar-refractivity contribution in [3.63, 3.8) is 0 Å². The fourth-order valence-corrected chi connectivity index (χ4v) is 7.08. The molecule has 146 valence electrons. The smallest absolute Gasteiger partial charge is 0.190 e. The number of aliphatic hydroxyl groups excluding tert-OH is 1. The maximum Gasteiger partial charge on any atom is 0.190 e. The van der Waals surface area contributed by atoms with Crippen molar-refractivity contribution in [1.29, 1.82) is 0 Å². The molecule has 0 radical (unpaired) electrons. The second-order valence-corrected chi connectivity index (χ2v) is 9.52. The third-order valence-corrected chi connectivity index (χ3v) is 8.41. The van der Waals surface area contributed by atoms with E-state index < -0.39 is 28.8 Å². The average molecular weight is 372 g/mol. The number of allylic oxidation sites excluding steroid dienone is 4. The lowest BCUT2D eigenvalue weighted by molar-refractivity contribution is -0.173. The fourth-order valence-electron chi connectivity index (χ4n) is 7.08. The van der Waals surface area contributed by atoms with Crippen LogP contribution in [0.5, 0.6) is 0 Å². The summed E-state index contributed by atoms with van der Waals surface area (Å²) in [5.74, 6) is -0.947. The predicted molar refractivity (Wildman–Crippen MR) is 98.6 cm³/mol. The van der Waals surface area contributed by atoms with E-state index in [1.807, 2.05) is 26.8 Å². The topological polar surface area (TPSA) is 91.7 Å². The molecule has 0 bridgehead atoms. The SMILES string of the molecule is C[C@@H]1CC2C3CCC4=CC(=O)C=CC4(C)C3C(=O)CC2(C)[C@@]1(O)C(=O)CO. The monoisotopic (exact) mass is 372 g/mol. The van der Waals surface area contributed by atoms with Gasteiger partial charge in [0, 0.05) is 23.2 Å². The van der Waals surface area contributed by atoms with E-state index in [1.165, 1.54) is 0 Å². The van der Waals surface area contributed by atoms with E-state index in [0.717, 1.165) is 18.4 Å². The zero-order chi connectivity index (χ0) is 19.8. The van der Waals surface area contributed by atoms with Crippen molar-refractivity contribution in [2.75, 3.05) is 6.61 Å². The van der Waals surface area contributed by atoms with E-state index in [0.29, 0.717) is 6.42 Å². The molecule has 4 aliphatic carbocycles. The van der Waals surface area contributed by atoms with Crippen molar-refractivity contribution < 1.29 is 24.6 Å². The van der Waals surface area contributed by atoms with Crippen LogP contribution in [0.2, 0.25) is 0 Å². The third kappa shape index (κ3) is 2.16. The van der Waals surface area contributed by atoms with Gasteiger partial charge in [0.05, 0.1) is 0 Å². The molecule has 0 aromatic heterocycles. The maximum absolute atomic E-state index is 13.4. The Morgan fingerprint density at radius 1 is 1.30 bits per heavy atom. The Labute approximate surface area is 159 Å². The Hall–Kier alpha value is -1.59. The van der Waals surface area contributed by atoms with Crippen LogP contribution in [0.1, 0.15) is 46.5 Å². The number of hydrogen-bond donors (Lipinski definition) is 2. The first-order valence-corrected chi connectivity index (χ1v) is 9.93. The highest BCUT2D eigenvalue weighted by molar-refractivity contribution is 6.02. The molecule has 4 rings (SSSR count). The molecule has 7 atom stereocenters. The minimum Gasteiger partial charge on any atom is -0.388 e. The molecular weight excluding hydrogens is 344 g/mol. The minimum absolute atomic E-state index is 0.0218. The Morgan fingerprint density at radius 3 is 2.67 bits per heavy atom. The molecule has 0 saturated heterocycles. The molecular formula is C22H28O5. The molecule has 0 aromatic rings. The van der Waals surface area contributed by atoms with Gasteiger partial charge in [-0.25, -0.2) is 0 Å². The van der Waals surface area contributed by atoms with Gasteiger partial charge in [0.25, 0.3) is 0 Å². The molecule has 0 heterocycles. The van der Waals surface area contributed by atoms with Crippen LogP contribution in [0.15, 0.2) is 23.8 Å². The molecule has 5 unspecified atom stereocenters. The summed E-state index contributed by atoms with van der Waals surface area (Å²) >= 11 is 0. The maximum atomic E-state index is 13.4. The van der Waals surface area contributed by atoms with E-state index in [2.05, 4.69) is 0 Å². The summed E-state index contributed by atoms with van der Waals surface area (Å²) in [6.45, 7) is 5.05. The van der Waals surface area contributed by atoms with Crippen LogP contribution in [0.25, 0.3) is 0 Å². The molecule has 0 amide bonds. The second-order valence-electron chi connectivity index (χ2n) is 9.52. The number of carbonyl (C=O) groups excluding carboxylic acids is 3. The number of Topliss-reactive ketones (excluding diaryl/α,β-unsaturated/α-hetero) is 2. The van der Waals surface area contributed by atoms with Crippen molar-refractivity contribution in [3.05, 3.63) is 23.8 Å². The molecule has 0 aromatic carbocycles. The highest BCUT2D eigenvalue weighted by Gasteiger charge is 2.70. The Kier molecular flexibility index (Phi) is 3.97. The van der Waals surface area contributed by atoms with Crippen LogP contribution in [-0.2, 0) is 14.4 Å². The number of fused-ring (bicyclic) bond motifs is 5. The quantitative estimate of drug-likeness (QED) is 0.774. The van der Waals surface area contributed by atoms with Gasteiger partial charge in [-0.1, -0.05) is 32.4 Å². The fraction of sp³-hybridized carbons (Fsp3) is 0.682. The lowest BCUT2D eigenvalue weighted by atomic mass is 9.46. The highest BCUT2D eigenvalue weighted by Crippen LogP contribution is 2.67. The van der Waals surface area contributed by atoms with Gasteiger partial charge in [-0.3, -0.25) is 14.4 Å². The number of aliphatic hydroxyl groups is 2. The van der Waals surface area contributed by atoms with Gasteiger partial charge < -0.3 is 10.2 Å². The van der Waals surface area contributed by atoms with Gasteiger partial charge in [-0.05, 0) is 49.2 Å². The second kappa shape index (κ2) is 5.71. The Balaban J connectivity index is 1.79. The summed E-state index contributed by atoms with van der Waals surface area (Å²) in [5.41, 5.74) is -1.94. The summed E-state index contributed by atoms with van der Waals surface area (Å²) in [4.78, 5) is 37.8. The predicted octanol–water partition coefficient (Wildman–Crippen LogP) is 2.01. The van der Waals surface area contributed by atoms with Gasteiger partial charge >= 0.3 is 0 Å². The van der Waals surface area contributed by atoms with Gasteiger partial charge in [-0.2, -0.15) is 0 Å². The number of rotatable bonds is 2. The molecule has 4 aliphatic rings. The first-order valence-electron chi connectivity index (χ1n) is 9.93. The van der Waals surface area contributed by atoms with Crippen LogP contribution < -0.4 is 0 Å². The summed E-state index contributed by atoms with van der Waals surface area (Å²) in [6.07, 6.45) is 7.49. The van der Waals surface area contributed by atoms with Crippen molar-refractivity contribution in [2.24, 2.45) is 34.5 Å². The van der Waals surface area contributed by atoms with E-state index >= 15 is 0 Å². The third-order valence-electron chi connectivity index (χ3n) is 8.41. The van der Waals surface area contributed by atoms with Crippen LogP contribution >= 0.6 is 0 Å². The molecule has 3 saturated carbocycles. The van der Waals surface area contributed by atoms with Crippen LogP contribution in [0, 0.1) is 34.5 Å². The lowest BCUT2D eigenvalue weighted by Gasteiger charge is -2.56. The summed E-state index contributed by atoms with van der Waals surface area (Å²) in [5, 5.41) is 20.8. The van der Waals surface area contributed by atoms with E-state index in [1.54, 1.807) is 12.2 Å². The van der Waals surface area contributed by atoms with Gasteiger partial charge in [0.2, 0.25) is 0 Å². The Morgan fingerprint density at radius 2 is 2.00 bits per heavy atom. The first kappa shape index (κ1) is 18.8. The lowest BCUT2D eigenvalue weighted by Crippen LogP contribution is -2.61. The molecule has 0 spiro atoms. The van der Waals surface area contributed by atoms with Gasteiger partial charge in [-0.15, -0.1) is 0 Å². The summed E-state index contributed by atoms with van der Waals surface area (Å²) in [7, 11) is 0. The van der Waals surface area contributed by atoms with Crippen LogP contribution in [0.4, 0.5) is 0 Å². The molecule has 0 aliphatic heterocycles. The van der Waals surface area contributed by atoms with Crippen molar-refractivity contribution >= 4 is 17.3 Å².